The van der Waals surface area contributed by atoms with Gasteiger partial charge in [-0.25, -0.2) is 4.98 Å². The van der Waals surface area contributed by atoms with Gasteiger partial charge in [0.15, 0.2) is 5.15 Å². The van der Waals surface area contributed by atoms with Crippen LogP contribution in [0.3, 0.4) is 0 Å². The molecule has 3 nitrogen and oxygen atoms in total. The molecule has 5 heteroatoms. The highest BCUT2D eigenvalue weighted by Gasteiger charge is 2.13. The maximum absolute atomic E-state index is 9.56. The second-order valence-corrected chi connectivity index (χ2v) is 4.61. The third kappa shape index (κ3) is 1.72. The van der Waals surface area contributed by atoms with Crippen LogP contribution in [0.25, 0.3) is 16.9 Å². The van der Waals surface area contributed by atoms with Gasteiger partial charge in [-0.2, -0.15) is 0 Å². The van der Waals surface area contributed by atoms with Crippen LogP contribution >= 0.6 is 23.2 Å². The first kappa shape index (κ1) is 11.4. The minimum absolute atomic E-state index is 0.143. The number of fused-ring (bicyclic) bond motifs is 1. The van der Waals surface area contributed by atoms with Crippen LogP contribution in [0.2, 0.25) is 10.2 Å². The van der Waals surface area contributed by atoms with Crippen LogP contribution in [0.5, 0.6) is 5.75 Å². The zero-order valence-electron chi connectivity index (χ0n) is 9.14. The molecule has 0 saturated carbocycles. The van der Waals surface area contributed by atoms with Crippen molar-refractivity contribution >= 4 is 28.7 Å². The van der Waals surface area contributed by atoms with Crippen LogP contribution < -0.4 is 0 Å². The Morgan fingerprint density at radius 2 is 1.83 bits per heavy atom. The number of aromatic nitrogens is 2. The molecule has 3 rings (SSSR count). The maximum atomic E-state index is 9.56. The Hall–Kier alpha value is -1.71. The van der Waals surface area contributed by atoms with E-state index in [4.69, 9.17) is 23.2 Å². The standard InChI is InChI=1S/C13H8Cl2N2O/c14-10-4-2-1-3-9(10)13-16-12(15)11-6-5-8(18)7-17(11)13/h1-7,18H. The molecule has 0 aliphatic heterocycles. The fourth-order valence-corrected chi connectivity index (χ4v) is 2.32. The minimum Gasteiger partial charge on any atom is -0.506 e. The SMILES string of the molecule is Oc1ccc2c(Cl)nc(-c3ccccc3Cl)n2c1. The lowest BCUT2D eigenvalue weighted by molar-refractivity contribution is 0.472. The Labute approximate surface area is 113 Å². The Balaban J connectivity index is 2.36. The summed E-state index contributed by atoms with van der Waals surface area (Å²) < 4.78 is 1.72. The molecule has 0 saturated heterocycles. The zero-order valence-corrected chi connectivity index (χ0v) is 10.7. The van der Waals surface area contributed by atoms with E-state index < -0.39 is 0 Å². The van der Waals surface area contributed by atoms with Gasteiger partial charge in [-0.05, 0) is 24.3 Å². The fraction of sp³-hybridized carbons (Fsp3) is 0. The van der Waals surface area contributed by atoms with Gasteiger partial charge in [-0.15, -0.1) is 0 Å². The summed E-state index contributed by atoms with van der Waals surface area (Å²) in [6, 6.07) is 10.6. The van der Waals surface area contributed by atoms with Crippen LogP contribution in [0.1, 0.15) is 0 Å². The molecule has 0 aliphatic rings. The van der Waals surface area contributed by atoms with Crippen molar-refractivity contribution in [1.29, 1.82) is 0 Å². The van der Waals surface area contributed by atoms with Crippen molar-refractivity contribution in [3.05, 3.63) is 52.8 Å². The number of hydrogen-bond donors (Lipinski definition) is 1. The van der Waals surface area contributed by atoms with Gasteiger partial charge in [0.2, 0.25) is 0 Å². The van der Waals surface area contributed by atoms with E-state index in [1.165, 1.54) is 0 Å². The molecule has 0 aliphatic carbocycles. The van der Waals surface area contributed by atoms with E-state index >= 15 is 0 Å². The number of nitrogens with zero attached hydrogens (tertiary/aromatic N) is 2. The maximum Gasteiger partial charge on any atom is 0.155 e. The van der Waals surface area contributed by atoms with Gasteiger partial charge >= 0.3 is 0 Å². The van der Waals surface area contributed by atoms with Gasteiger partial charge in [0.25, 0.3) is 0 Å². The average Bonchev–Trinajstić information content (AvgIpc) is 2.67. The third-order valence-corrected chi connectivity index (χ3v) is 3.30. The van der Waals surface area contributed by atoms with Gasteiger partial charge < -0.3 is 5.11 Å². The smallest absolute Gasteiger partial charge is 0.155 e. The van der Waals surface area contributed by atoms with E-state index in [-0.39, 0.29) is 5.75 Å². The second kappa shape index (κ2) is 4.19. The highest BCUT2D eigenvalue weighted by molar-refractivity contribution is 6.34. The monoisotopic (exact) mass is 278 g/mol. The number of benzene rings is 1. The largest absolute Gasteiger partial charge is 0.506 e. The third-order valence-electron chi connectivity index (χ3n) is 2.69. The van der Waals surface area contributed by atoms with Gasteiger partial charge in [0, 0.05) is 5.56 Å². The molecule has 90 valence electrons. The number of imidazole rings is 1. The van der Waals surface area contributed by atoms with Crippen LogP contribution in [-0.4, -0.2) is 14.5 Å². The molecule has 0 radical (unpaired) electrons. The molecule has 1 N–H and O–H groups in total. The number of aromatic hydroxyl groups is 1. The van der Waals surface area contributed by atoms with Gasteiger partial charge in [-0.3, -0.25) is 4.40 Å². The van der Waals surface area contributed by atoms with E-state index in [9.17, 15) is 5.11 Å². The Kier molecular flexibility index (Phi) is 2.65. The highest BCUT2D eigenvalue weighted by Crippen LogP contribution is 2.31. The quantitative estimate of drug-likeness (QED) is 0.730. The van der Waals surface area contributed by atoms with Crippen LogP contribution in [-0.2, 0) is 0 Å². The summed E-state index contributed by atoms with van der Waals surface area (Å²) in [6.07, 6.45) is 1.56. The number of rotatable bonds is 1. The lowest BCUT2D eigenvalue weighted by atomic mass is 10.2. The van der Waals surface area contributed by atoms with E-state index in [0.717, 1.165) is 11.1 Å². The van der Waals surface area contributed by atoms with Crippen molar-refractivity contribution in [2.24, 2.45) is 0 Å². The van der Waals surface area contributed by atoms with Crippen molar-refractivity contribution in [2.45, 2.75) is 0 Å². The Bertz CT molecular complexity index is 737. The predicted octanol–water partition coefficient (Wildman–Crippen LogP) is 4.01. The predicted molar refractivity (Wildman–Crippen MR) is 72.3 cm³/mol. The zero-order chi connectivity index (χ0) is 12.7. The van der Waals surface area contributed by atoms with Crippen LogP contribution in [0.15, 0.2) is 42.6 Å². The van der Waals surface area contributed by atoms with Crippen molar-refractivity contribution in [1.82, 2.24) is 9.38 Å². The Morgan fingerprint density at radius 1 is 1.06 bits per heavy atom. The molecule has 1 aromatic carbocycles. The number of halogens is 2. The molecule has 3 aromatic rings. The molecular weight excluding hydrogens is 271 g/mol. The molecule has 2 aromatic heterocycles. The molecule has 0 amide bonds. The number of pyridine rings is 1. The summed E-state index contributed by atoms with van der Waals surface area (Å²) >= 11 is 12.2. The van der Waals surface area contributed by atoms with E-state index in [0.29, 0.717) is 16.0 Å². The summed E-state index contributed by atoms with van der Waals surface area (Å²) in [7, 11) is 0. The van der Waals surface area contributed by atoms with Crippen molar-refractivity contribution < 1.29 is 5.11 Å². The summed E-state index contributed by atoms with van der Waals surface area (Å²) in [6.45, 7) is 0. The molecule has 2 heterocycles. The fourth-order valence-electron chi connectivity index (χ4n) is 1.87. The molecule has 0 unspecified atom stereocenters. The van der Waals surface area contributed by atoms with Crippen LogP contribution in [0, 0.1) is 0 Å². The average molecular weight is 279 g/mol. The molecule has 0 atom stereocenters. The first-order valence-electron chi connectivity index (χ1n) is 5.28. The molecule has 0 bridgehead atoms. The normalized spacial score (nSPS) is 11.0. The topological polar surface area (TPSA) is 37.5 Å². The Morgan fingerprint density at radius 3 is 2.61 bits per heavy atom. The first-order chi connectivity index (χ1) is 8.66. The first-order valence-corrected chi connectivity index (χ1v) is 6.04. The van der Waals surface area contributed by atoms with Gasteiger partial charge in [-0.1, -0.05) is 35.3 Å². The molecule has 0 fully saturated rings. The molecule has 18 heavy (non-hydrogen) atoms. The summed E-state index contributed by atoms with van der Waals surface area (Å²) in [4.78, 5) is 4.29. The minimum atomic E-state index is 0.143. The van der Waals surface area contributed by atoms with E-state index in [1.54, 1.807) is 28.8 Å². The summed E-state index contributed by atoms with van der Waals surface area (Å²) in [5, 5.41) is 10.5. The van der Waals surface area contributed by atoms with Crippen LogP contribution in [0.4, 0.5) is 0 Å². The van der Waals surface area contributed by atoms with E-state index in [2.05, 4.69) is 4.98 Å². The lowest BCUT2D eigenvalue weighted by Crippen LogP contribution is -1.89. The molecular formula is C13H8Cl2N2O. The highest BCUT2D eigenvalue weighted by atomic mass is 35.5. The second-order valence-electron chi connectivity index (χ2n) is 3.85. The van der Waals surface area contributed by atoms with Crippen molar-refractivity contribution in [2.75, 3.05) is 0 Å². The van der Waals surface area contributed by atoms with Crippen molar-refractivity contribution in [3.8, 4) is 17.1 Å². The van der Waals surface area contributed by atoms with E-state index in [1.807, 2.05) is 18.2 Å². The number of hydrogen-bond acceptors (Lipinski definition) is 2. The van der Waals surface area contributed by atoms with Gasteiger partial charge in [0.05, 0.1) is 16.7 Å². The molecule has 0 spiro atoms. The summed E-state index contributed by atoms with van der Waals surface area (Å²) in [5.74, 6) is 0.751. The summed E-state index contributed by atoms with van der Waals surface area (Å²) in [5.41, 5.74) is 1.50. The van der Waals surface area contributed by atoms with Crippen molar-refractivity contribution in [3.63, 3.8) is 0 Å². The van der Waals surface area contributed by atoms with Gasteiger partial charge in [0.1, 0.15) is 11.6 Å². The lowest BCUT2D eigenvalue weighted by Gasteiger charge is -2.03.